The van der Waals surface area contributed by atoms with Gasteiger partial charge in [-0.3, -0.25) is 4.40 Å². The van der Waals surface area contributed by atoms with Crippen molar-refractivity contribution in [1.82, 2.24) is 19.6 Å². The average Bonchev–Trinajstić information content (AvgIpc) is 2.76. The first-order valence-corrected chi connectivity index (χ1v) is 6.42. The number of hydrogen-bond donors (Lipinski definition) is 0. The minimum absolute atomic E-state index is 0.428. The van der Waals surface area contributed by atoms with E-state index < -0.39 is 0 Å². The molecule has 0 N–H and O–H groups in total. The predicted octanol–water partition coefficient (Wildman–Crippen LogP) is 2.99. The second-order valence-corrected chi connectivity index (χ2v) is 5.04. The number of hydrogen-bond acceptors (Lipinski definition) is 3. The summed E-state index contributed by atoms with van der Waals surface area (Å²) in [5, 5.41) is 8.73. The smallest absolute Gasteiger partial charge is 0.165 e. The van der Waals surface area contributed by atoms with E-state index in [0.29, 0.717) is 5.15 Å². The molecule has 2 aromatic heterocycles. The van der Waals surface area contributed by atoms with E-state index in [1.807, 2.05) is 4.40 Å². The van der Waals surface area contributed by atoms with Gasteiger partial charge < -0.3 is 0 Å². The highest BCUT2D eigenvalue weighted by molar-refractivity contribution is 6.29. The van der Waals surface area contributed by atoms with Crippen molar-refractivity contribution in [3.63, 3.8) is 0 Å². The van der Waals surface area contributed by atoms with E-state index in [0.717, 1.165) is 17.9 Å². The zero-order valence-electron chi connectivity index (χ0n) is 10.8. The Bertz CT molecular complexity index is 748. The van der Waals surface area contributed by atoms with Crippen LogP contribution in [0.1, 0.15) is 22.5 Å². The maximum Gasteiger partial charge on any atom is 0.165 e. The van der Waals surface area contributed by atoms with Crippen LogP contribution in [-0.2, 0) is 6.42 Å². The lowest BCUT2D eigenvalue weighted by Gasteiger charge is -2.04. The van der Waals surface area contributed by atoms with E-state index in [-0.39, 0.29) is 0 Å². The van der Waals surface area contributed by atoms with Crippen molar-refractivity contribution in [1.29, 1.82) is 0 Å². The second-order valence-electron chi connectivity index (χ2n) is 4.65. The van der Waals surface area contributed by atoms with Crippen LogP contribution < -0.4 is 0 Å². The molecule has 2 heterocycles. The normalized spacial score (nSPS) is 11.1. The molecule has 3 aromatic rings. The number of aromatic nitrogens is 4. The van der Waals surface area contributed by atoms with Crippen molar-refractivity contribution in [3.8, 4) is 0 Å². The van der Waals surface area contributed by atoms with Crippen LogP contribution in [0.2, 0.25) is 5.15 Å². The second kappa shape index (κ2) is 4.63. The van der Waals surface area contributed by atoms with Crippen molar-refractivity contribution >= 4 is 17.2 Å². The molecule has 0 fully saturated rings. The summed E-state index contributed by atoms with van der Waals surface area (Å²) in [5.41, 5.74) is 4.52. The van der Waals surface area contributed by atoms with Crippen LogP contribution in [0.3, 0.4) is 0 Å². The van der Waals surface area contributed by atoms with E-state index >= 15 is 0 Å². The fraction of sp³-hybridized carbons (Fsp3) is 0.214. The van der Waals surface area contributed by atoms with E-state index in [4.69, 9.17) is 11.6 Å². The maximum atomic E-state index is 5.83. The predicted molar refractivity (Wildman–Crippen MR) is 74.5 cm³/mol. The van der Waals surface area contributed by atoms with Crippen molar-refractivity contribution in [3.05, 3.63) is 58.3 Å². The van der Waals surface area contributed by atoms with Crippen molar-refractivity contribution in [2.75, 3.05) is 0 Å². The summed E-state index contributed by atoms with van der Waals surface area (Å²) in [4.78, 5) is 4.06. The highest BCUT2D eigenvalue weighted by Gasteiger charge is 2.07. The van der Waals surface area contributed by atoms with Crippen molar-refractivity contribution in [2.24, 2.45) is 0 Å². The minimum atomic E-state index is 0.428. The molecule has 0 unspecified atom stereocenters. The first-order chi connectivity index (χ1) is 9.13. The van der Waals surface area contributed by atoms with E-state index in [9.17, 15) is 0 Å². The molecule has 0 atom stereocenters. The first kappa shape index (κ1) is 12.1. The number of fused-ring (bicyclic) bond motifs is 1. The molecule has 0 bridgehead atoms. The SMILES string of the molecule is Cc1ccc(Cc2nnc3cc(Cl)ncn23)cc1C. The lowest BCUT2D eigenvalue weighted by Crippen LogP contribution is -1.98. The zero-order valence-corrected chi connectivity index (χ0v) is 11.5. The van der Waals surface area contributed by atoms with Gasteiger partial charge in [-0.05, 0) is 30.5 Å². The fourth-order valence-corrected chi connectivity index (χ4v) is 2.18. The van der Waals surface area contributed by atoms with Gasteiger partial charge in [0.05, 0.1) is 0 Å². The van der Waals surface area contributed by atoms with Crippen LogP contribution in [0, 0.1) is 13.8 Å². The highest BCUT2D eigenvalue weighted by Crippen LogP contribution is 2.15. The average molecular weight is 273 g/mol. The standard InChI is InChI=1S/C14H13ClN4/c1-9-3-4-11(5-10(9)2)6-13-17-18-14-7-12(15)16-8-19(13)14/h3-5,7-8H,6H2,1-2H3. The van der Waals surface area contributed by atoms with E-state index in [2.05, 4.69) is 47.2 Å². The molecular formula is C14H13ClN4. The monoisotopic (exact) mass is 272 g/mol. The summed E-state index contributed by atoms with van der Waals surface area (Å²) >= 11 is 5.83. The number of aryl methyl sites for hydroxylation is 2. The number of halogens is 1. The number of nitrogens with zero attached hydrogens (tertiary/aromatic N) is 4. The molecule has 0 spiro atoms. The third-order valence-electron chi connectivity index (χ3n) is 3.27. The van der Waals surface area contributed by atoms with Gasteiger partial charge in [0, 0.05) is 12.5 Å². The fourth-order valence-electron chi connectivity index (χ4n) is 2.04. The summed E-state index contributed by atoms with van der Waals surface area (Å²) in [6.45, 7) is 4.22. The van der Waals surface area contributed by atoms with Crippen LogP contribution in [0.4, 0.5) is 0 Å². The van der Waals surface area contributed by atoms with Crippen LogP contribution in [0.5, 0.6) is 0 Å². The van der Waals surface area contributed by atoms with Gasteiger partial charge in [-0.25, -0.2) is 4.98 Å². The van der Waals surface area contributed by atoms with Crippen LogP contribution in [0.25, 0.3) is 5.65 Å². The van der Waals surface area contributed by atoms with Gasteiger partial charge in [0.15, 0.2) is 5.65 Å². The van der Waals surface area contributed by atoms with Crippen LogP contribution in [0.15, 0.2) is 30.6 Å². The maximum absolute atomic E-state index is 5.83. The Morgan fingerprint density at radius 2 is 1.95 bits per heavy atom. The van der Waals surface area contributed by atoms with Gasteiger partial charge in [0.1, 0.15) is 17.3 Å². The topological polar surface area (TPSA) is 43.1 Å². The molecule has 0 saturated heterocycles. The minimum Gasteiger partial charge on any atom is -0.269 e. The third kappa shape index (κ3) is 2.31. The van der Waals surface area contributed by atoms with Gasteiger partial charge in [-0.2, -0.15) is 0 Å². The Balaban J connectivity index is 1.98. The summed E-state index contributed by atoms with van der Waals surface area (Å²) in [7, 11) is 0. The molecule has 0 amide bonds. The van der Waals surface area contributed by atoms with E-state index in [1.54, 1.807) is 12.4 Å². The Kier molecular flexibility index (Phi) is 2.95. The molecule has 0 saturated carbocycles. The molecule has 1 aromatic carbocycles. The molecule has 4 nitrogen and oxygen atoms in total. The van der Waals surface area contributed by atoms with Crippen LogP contribution >= 0.6 is 11.6 Å². The Morgan fingerprint density at radius 1 is 1.11 bits per heavy atom. The zero-order chi connectivity index (χ0) is 13.4. The lowest BCUT2D eigenvalue weighted by molar-refractivity contribution is 0.918. The largest absolute Gasteiger partial charge is 0.269 e. The summed E-state index contributed by atoms with van der Waals surface area (Å²) in [5.74, 6) is 0.863. The molecule has 19 heavy (non-hydrogen) atoms. The number of benzene rings is 1. The summed E-state index contributed by atoms with van der Waals surface area (Å²) < 4.78 is 1.86. The molecule has 0 aliphatic rings. The number of rotatable bonds is 2. The third-order valence-corrected chi connectivity index (χ3v) is 3.48. The van der Waals surface area contributed by atoms with Gasteiger partial charge in [0.2, 0.25) is 0 Å². The Labute approximate surface area is 116 Å². The quantitative estimate of drug-likeness (QED) is 0.674. The Morgan fingerprint density at radius 3 is 2.74 bits per heavy atom. The first-order valence-electron chi connectivity index (χ1n) is 6.05. The van der Waals surface area contributed by atoms with Gasteiger partial charge in [0.25, 0.3) is 0 Å². The van der Waals surface area contributed by atoms with Gasteiger partial charge in [-0.1, -0.05) is 29.8 Å². The molecule has 96 valence electrons. The Hall–Kier alpha value is -1.94. The molecule has 0 aliphatic carbocycles. The summed E-state index contributed by atoms with van der Waals surface area (Å²) in [6, 6.07) is 8.13. The highest BCUT2D eigenvalue weighted by atomic mass is 35.5. The molecular weight excluding hydrogens is 260 g/mol. The molecule has 0 radical (unpaired) electrons. The van der Waals surface area contributed by atoms with Gasteiger partial charge >= 0.3 is 0 Å². The molecule has 3 rings (SSSR count). The lowest BCUT2D eigenvalue weighted by atomic mass is 10.0. The van der Waals surface area contributed by atoms with Gasteiger partial charge in [-0.15, -0.1) is 10.2 Å². The van der Waals surface area contributed by atoms with E-state index in [1.165, 1.54) is 16.7 Å². The summed E-state index contributed by atoms with van der Waals surface area (Å²) in [6.07, 6.45) is 2.39. The van der Waals surface area contributed by atoms with Crippen molar-refractivity contribution < 1.29 is 0 Å². The van der Waals surface area contributed by atoms with Crippen LogP contribution in [-0.4, -0.2) is 19.6 Å². The van der Waals surface area contributed by atoms with Crippen molar-refractivity contribution in [2.45, 2.75) is 20.3 Å². The molecule has 0 aliphatic heterocycles. The molecule has 5 heteroatoms.